The molecule has 1 heterocycles. The van der Waals surface area contributed by atoms with Gasteiger partial charge in [0.25, 0.3) is 0 Å². The van der Waals surface area contributed by atoms with Crippen molar-refractivity contribution >= 4 is 11.6 Å². The molecule has 0 bridgehead atoms. The lowest BCUT2D eigenvalue weighted by atomic mass is 9.95. The van der Waals surface area contributed by atoms with Crippen LogP contribution >= 0.6 is 0 Å². The Bertz CT molecular complexity index is 761. The normalized spacial score (nSPS) is 19.2. The Kier molecular flexibility index (Phi) is 5.73. The molecule has 3 N–H and O–H groups in total. The summed E-state index contributed by atoms with van der Waals surface area (Å²) in [7, 11) is 1.60. The molecule has 26 heavy (non-hydrogen) atoms. The van der Waals surface area contributed by atoms with E-state index in [0.29, 0.717) is 29.6 Å². The van der Waals surface area contributed by atoms with E-state index in [0.717, 1.165) is 24.8 Å². The highest BCUT2D eigenvalue weighted by atomic mass is 16.5. The fourth-order valence-corrected chi connectivity index (χ4v) is 3.39. The third-order valence-corrected chi connectivity index (χ3v) is 4.84. The van der Waals surface area contributed by atoms with E-state index in [-0.39, 0.29) is 17.7 Å². The summed E-state index contributed by atoms with van der Waals surface area (Å²) in [5, 5.41) is 2.93. The number of anilines is 1. The summed E-state index contributed by atoms with van der Waals surface area (Å²) in [6, 6.07) is 9.21. The van der Waals surface area contributed by atoms with Crippen LogP contribution in [0.1, 0.15) is 24.8 Å². The molecule has 1 aliphatic carbocycles. The fourth-order valence-electron chi connectivity index (χ4n) is 3.39. The molecular formula is C20H25N3O3. The lowest BCUT2D eigenvalue weighted by molar-refractivity contribution is -0.120. The topological polar surface area (TPSA) is 86.5 Å². The van der Waals surface area contributed by atoms with Crippen molar-refractivity contribution in [1.82, 2.24) is 4.98 Å². The fraction of sp³-hybridized carbons (Fsp3) is 0.400. The third kappa shape index (κ3) is 4.14. The summed E-state index contributed by atoms with van der Waals surface area (Å²) in [6.45, 7) is 2.54. The summed E-state index contributed by atoms with van der Waals surface area (Å²) < 4.78 is 11.1. The van der Waals surface area contributed by atoms with Crippen LogP contribution in [0, 0.1) is 18.8 Å². The van der Waals surface area contributed by atoms with Gasteiger partial charge in [-0.1, -0.05) is 12.5 Å². The zero-order valence-electron chi connectivity index (χ0n) is 15.2. The highest BCUT2D eigenvalue weighted by Gasteiger charge is 2.31. The minimum Gasteiger partial charge on any atom is -0.493 e. The second kappa shape index (κ2) is 8.19. The van der Waals surface area contributed by atoms with E-state index in [1.54, 1.807) is 25.4 Å². The highest BCUT2D eigenvalue weighted by Crippen LogP contribution is 2.33. The molecule has 3 rings (SSSR count). The molecule has 1 aliphatic rings. The number of rotatable bonds is 6. The zero-order valence-corrected chi connectivity index (χ0v) is 15.2. The predicted molar refractivity (Wildman–Crippen MR) is 101 cm³/mol. The lowest BCUT2D eigenvalue weighted by Crippen LogP contribution is -2.29. The van der Waals surface area contributed by atoms with E-state index in [4.69, 9.17) is 15.2 Å². The van der Waals surface area contributed by atoms with E-state index in [9.17, 15) is 4.79 Å². The number of carbonyl (C=O) groups excluding carboxylic acids is 1. The minimum absolute atomic E-state index is 0.00672. The van der Waals surface area contributed by atoms with Crippen molar-refractivity contribution in [3.05, 3.63) is 42.1 Å². The molecule has 138 valence electrons. The number of aromatic nitrogens is 1. The number of amides is 1. The smallest absolute Gasteiger partial charge is 0.227 e. The molecule has 0 unspecified atom stereocenters. The molecule has 2 aromatic rings. The average molecular weight is 355 g/mol. The maximum absolute atomic E-state index is 12.4. The van der Waals surface area contributed by atoms with Crippen LogP contribution in [0.3, 0.4) is 0 Å². The van der Waals surface area contributed by atoms with E-state index >= 15 is 0 Å². The van der Waals surface area contributed by atoms with Gasteiger partial charge in [0.2, 0.25) is 11.8 Å². The van der Waals surface area contributed by atoms with Gasteiger partial charge < -0.3 is 20.5 Å². The van der Waals surface area contributed by atoms with Crippen LogP contribution in [0.5, 0.6) is 17.4 Å². The van der Waals surface area contributed by atoms with Crippen molar-refractivity contribution in [2.24, 2.45) is 17.6 Å². The summed E-state index contributed by atoms with van der Waals surface area (Å²) in [5.41, 5.74) is 7.50. The number of nitrogens with two attached hydrogens (primary N) is 1. The lowest BCUT2D eigenvalue weighted by Gasteiger charge is -2.17. The number of hydrogen-bond acceptors (Lipinski definition) is 5. The Morgan fingerprint density at radius 3 is 2.81 bits per heavy atom. The second-order valence-electron chi connectivity index (χ2n) is 6.66. The Morgan fingerprint density at radius 2 is 2.12 bits per heavy atom. The van der Waals surface area contributed by atoms with Crippen LogP contribution in [-0.2, 0) is 4.79 Å². The number of carbonyl (C=O) groups is 1. The SMILES string of the molecule is COc1cc(C)ccc1Oc1ccc(NC(=O)[C@@H]2CCC[C@@H]2CN)cn1. The quantitative estimate of drug-likeness (QED) is 0.828. The third-order valence-electron chi connectivity index (χ3n) is 4.84. The van der Waals surface area contributed by atoms with Gasteiger partial charge >= 0.3 is 0 Å². The van der Waals surface area contributed by atoms with Gasteiger partial charge in [0.15, 0.2) is 11.5 Å². The van der Waals surface area contributed by atoms with Gasteiger partial charge in [-0.3, -0.25) is 4.79 Å². The molecule has 1 amide bonds. The molecule has 1 aromatic heterocycles. The van der Waals surface area contributed by atoms with Crippen LogP contribution in [0.15, 0.2) is 36.5 Å². The number of methoxy groups -OCH3 is 1. The number of nitrogens with one attached hydrogen (secondary N) is 1. The molecule has 0 spiro atoms. The minimum atomic E-state index is -0.00672. The number of hydrogen-bond donors (Lipinski definition) is 2. The first-order valence-corrected chi connectivity index (χ1v) is 8.90. The van der Waals surface area contributed by atoms with Crippen LogP contribution in [0.2, 0.25) is 0 Å². The van der Waals surface area contributed by atoms with Gasteiger partial charge in [-0.05, 0) is 56.0 Å². The first-order valence-electron chi connectivity index (χ1n) is 8.90. The highest BCUT2D eigenvalue weighted by molar-refractivity contribution is 5.92. The van der Waals surface area contributed by atoms with Gasteiger partial charge in [0.1, 0.15) is 0 Å². The maximum atomic E-state index is 12.4. The average Bonchev–Trinajstić information content (AvgIpc) is 3.13. The van der Waals surface area contributed by atoms with E-state index in [1.165, 1.54) is 0 Å². The Morgan fingerprint density at radius 1 is 1.27 bits per heavy atom. The van der Waals surface area contributed by atoms with Crippen molar-refractivity contribution < 1.29 is 14.3 Å². The molecule has 6 nitrogen and oxygen atoms in total. The zero-order chi connectivity index (χ0) is 18.5. The number of ether oxygens (including phenoxy) is 2. The predicted octanol–water partition coefficient (Wildman–Crippen LogP) is 3.50. The summed E-state index contributed by atoms with van der Waals surface area (Å²) in [5.74, 6) is 1.98. The van der Waals surface area contributed by atoms with Crippen molar-refractivity contribution in [1.29, 1.82) is 0 Å². The van der Waals surface area contributed by atoms with Crippen LogP contribution in [-0.4, -0.2) is 24.5 Å². The number of benzene rings is 1. The molecule has 0 radical (unpaired) electrons. The van der Waals surface area contributed by atoms with Crippen molar-refractivity contribution in [3.63, 3.8) is 0 Å². The van der Waals surface area contributed by atoms with Gasteiger partial charge in [-0.15, -0.1) is 0 Å². The summed E-state index contributed by atoms with van der Waals surface area (Å²) in [6.07, 6.45) is 4.58. The molecule has 2 atom stereocenters. The number of pyridine rings is 1. The summed E-state index contributed by atoms with van der Waals surface area (Å²) in [4.78, 5) is 16.7. The number of aryl methyl sites for hydroxylation is 1. The molecule has 1 saturated carbocycles. The maximum Gasteiger partial charge on any atom is 0.227 e. The molecule has 6 heteroatoms. The molecule has 1 fully saturated rings. The van der Waals surface area contributed by atoms with Gasteiger partial charge in [-0.2, -0.15) is 0 Å². The first kappa shape index (κ1) is 18.2. The molecular weight excluding hydrogens is 330 g/mol. The Labute approximate surface area is 153 Å². The van der Waals surface area contributed by atoms with E-state index < -0.39 is 0 Å². The van der Waals surface area contributed by atoms with Gasteiger partial charge in [0.05, 0.1) is 19.0 Å². The monoisotopic (exact) mass is 355 g/mol. The number of nitrogens with zero attached hydrogens (tertiary/aromatic N) is 1. The standard InChI is InChI=1S/C20H25N3O3/c1-13-6-8-17(18(10-13)25-2)26-19-9-7-15(12-22-19)23-20(24)16-5-3-4-14(16)11-21/h6-10,12,14,16H,3-5,11,21H2,1-2H3,(H,23,24)/t14-,16-/m1/s1. The van der Waals surface area contributed by atoms with Gasteiger partial charge in [0, 0.05) is 12.0 Å². The Balaban J connectivity index is 1.64. The van der Waals surface area contributed by atoms with Crippen molar-refractivity contribution in [2.75, 3.05) is 19.0 Å². The molecule has 0 saturated heterocycles. The summed E-state index contributed by atoms with van der Waals surface area (Å²) >= 11 is 0. The van der Waals surface area contributed by atoms with E-state index in [2.05, 4.69) is 10.3 Å². The Hall–Kier alpha value is -2.60. The molecule has 1 aromatic carbocycles. The molecule has 0 aliphatic heterocycles. The van der Waals surface area contributed by atoms with Crippen LogP contribution < -0.4 is 20.5 Å². The van der Waals surface area contributed by atoms with Gasteiger partial charge in [-0.25, -0.2) is 4.98 Å². The van der Waals surface area contributed by atoms with Crippen molar-refractivity contribution in [2.45, 2.75) is 26.2 Å². The second-order valence-corrected chi connectivity index (χ2v) is 6.66. The van der Waals surface area contributed by atoms with Crippen LogP contribution in [0.25, 0.3) is 0 Å². The van der Waals surface area contributed by atoms with E-state index in [1.807, 2.05) is 25.1 Å². The van der Waals surface area contributed by atoms with Crippen LogP contribution in [0.4, 0.5) is 5.69 Å². The largest absolute Gasteiger partial charge is 0.493 e. The first-order chi connectivity index (χ1) is 12.6. The van der Waals surface area contributed by atoms with Crippen molar-refractivity contribution in [3.8, 4) is 17.4 Å².